The molecule has 0 saturated carbocycles. The van der Waals surface area contributed by atoms with E-state index in [1.807, 2.05) is 9.36 Å². The van der Waals surface area contributed by atoms with Crippen molar-refractivity contribution in [3.05, 3.63) is 107 Å². The number of ether oxygens (including phenoxy) is 2. The van der Waals surface area contributed by atoms with Gasteiger partial charge in [-0.05, 0) is 63.9 Å². The van der Waals surface area contributed by atoms with Crippen molar-refractivity contribution in [2.24, 2.45) is 0 Å². The first-order chi connectivity index (χ1) is 21.9. The third-order valence-corrected chi connectivity index (χ3v) is 9.14. The molecule has 1 aliphatic heterocycles. The van der Waals surface area contributed by atoms with Crippen LogP contribution in [0, 0.1) is 0 Å². The molecular formula is C37H46BrN7O2. The van der Waals surface area contributed by atoms with Gasteiger partial charge in [0.2, 0.25) is 0 Å². The molecule has 0 amide bonds. The van der Waals surface area contributed by atoms with Gasteiger partial charge in [-0.3, -0.25) is 0 Å². The largest absolute Gasteiger partial charge is 1.00 e. The van der Waals surface area contributed by atoms with Gasteiger partial charge in [0.25, 0.3) is 0 Å². The first-order valence-corrected chi connectivity index (χ1v) is 16.0. The van der Waals surface area contributed by atoms with Crippen LogP contribution in [0.3, 0.4) is 0 Å². The van der Waals surface area contributed by atoms with Crippen LogP contribution in [0.15, 0.2) is 73.1 Å². The minimum Gasteiger partial charge on any atom is -1.00 e. The number of hydrogen-bond donors (Lipinski definition) is 0. The summed E-state index contributed by atoms with van der Waals surface area (Å²) in [5.74, 6) is 1.51. The van der Waals surface area contributed by atoms with Gasteiger partial charge in [0.05, 0.1) is 44.5 Å². The van der Waals surface area contributed by atoms with Crippen molar-refractivity contribution >= 4 is 0 Å². The molecule has 3 aromatic carbocycles. The van der Waals surface area contributed by atoms with E-state index in [9.17, 15) is 0 Å². The molecule has 1 aliphatic rings. The van der Waals surface area contributed by atoms with Crippen LogP contribution in [0.5, 0.6) is 11.5 Å². The van der Waals surface area contributed by atoms with Crippen molar-refractivity contribution < 1.29 is 30.9 Å². The lowest BCUT2D eigenvalue weighted by Gasteiger charge is -2.41. The molecule has 10 heteroatoms. The van der Waals surface area contributed by atoms with Crippen molar-refractivity contribution in [2.45, 2.75) is 78.4 Å². The minimum absolute atomic E-state index is 0. The number of aromatic nitrogens is 6. The second-order valence-corrected chi connectivity index (χ2v) is 14.7. The molecule has 2 aromatic heterocycles. The summed E-state index contributed by atoms with van der Waals surface area (Å²) < 4.78 is 15.8. The highest BCUT2D eigenvalue weighted by Gasteiger charge is 2.36. The van der Waals surface area contributed by atoms with Crippen molar-refractivity contribution in [3.8, 4) is 22.9 Å². The molecule has 47 heavy (non-hydrogen) atoms. The van der Waals surface area contributed by atoms with Crippen LogP contribution in [-0.2, 0) is 36.9 Å². The molecule has 0 fully saturated rings. The zero-order chi connectivity index (χ0) is 32.7. The zero-order valence-electron chi connectivity index (χ0n) is 28.8. The number of benzene rings is 3. The molecule has 0 aliphatic carbocycles. The normalized spacial score (nSPS) is 14.3. The summed E-state index contributed by atoms with van der Waals surface area (Å²) in [5, 5.41) is 18.4. The second-order valence-electron chi connectivity index (χ2n) is 14.7. The minimum atomic E-state index is 0. The molecule has 0 radical (unpaired) electrons. The standard InChI is InChI=1S/C37H46N7O2.BrH/c1-36(2,3)28-9-13-32(14-10-28)42-21-30(38-40-42)24-44(18-17-26-19-34(45-7)35(46-8)20-27(26)23-44)25-31-22-43(41-39-31)33-15-11-29(12-16-33)37(4,5)6;/h9-16,19-22H,17-18,23-25H2,1-8H3;1H/q+1;/p-1. The Morgan fingerprint density at radius 1 is 0.660 bits per heavy atom. The SMILES string of the molecule is COc1cc2c(cc1OC)C[N+](Cc1cn(-c3ccc(C(C)(C)C)cc3)nn1)(Cc1cn(-c3ccc(C(C)(C)C)cc3)nn1)CC2.[Br-]. The number of fused-ring (bicyclic) bond motifs is 1. The van der Waals surface area contributed by atoms with Gasteiger partial charge in [-0.1, -0.05) is 76.2 Å². The predicted octanol–water partition coefficient (Wildman–Crippen LogP) is 3.74. The molecule has 0 saturated heterocycles. The fourth-order valence-corrected chi connectivity index (χ4v) is 6.38. The van der Waals surface area contributed by atoms with Crippen LogP contribution in [0.4, 0.5) is 0 Å². The lowest BCUT2D eigenvalue weighted by atomic mass is 9.87. The van der Waals surface area contributed by atoms with Gasteiger partial charge in [-0.15, -0.1) is 10.2 Å². The molecule has 6 rings (SSSR count). The molecular weight excluding hydrogens is 654 g/mol. The number of hydrogen-bond acceptors (Lipinski definition) is 6. The number of nitrogens with zero attached hydrogens (tertiary/aromatic N) is 7. The molecule has 248 valence electrons. The Bertz CT molecular complexity index is 1720. The average Bonchev–Trinajstić information content (AvgIpc) is 3.69. The van der Waals surface area contributed by atoms with Crippen molar-refractivity contribution in [1.82, 2.24) is 30.0 Å². The lowest BCUT2D eigenvalue weighted by Crippen LogP contribution is -3.00. The molecule has 0 atom stereocenters. The summed E-state index contributed by atoms with van der Waals surface area (Å²) in [6.07, 6.45) is 5.02. The van der Waals surface area contributed by atoms with E-state index >= 15 is 0 Å². The number of halogens is 1. The maximum Gasteiger partial charge on any atom is 0.161 e. The quantitative estimate of drug-likeness (QED) is 0.230. The van der Waals surface area contributed by atoms with Gasteiger partial charge < -0.3 is 30.9 Å². The highest BCUT2D eigenvalue weighted by atomic mass is 79.9. The van der Waals surface area contributed by atoms with E-state index in [4.69, 9.17) is 9.47 Å². The van der Waals surface area contributed by atoms with E-state index < -0.39 is 0 Å². The summed E-state index contributed by atoms with van der Waals surface area (Å²) in [6.45, 7) is 16.5. The Labute approximate surface area is 288 Å². The Morgan fingerprint density at radius 3 is 1.49 bits per heavy atom. The third kappa shape index (κ3) is 7.44. The number of quaternary nitrogens is 1. The number of methoxy groups -OCH3 is 2. The summed E-state index contributed by atoms with van der Waals surface area (Å²) >= 11 is 0. The van der Waals surface area contributed by atoms with E-state index in [-0.39, 0.29) is 27.8 Å². The molecule has 0 spiro atoms. The van der Waals surface area contributed by atoms with Gasteiger partial charge in [0.15, 0.2) is 11.5 Å². The van der Waals surface area contributed by atoms with Crippen molar-refractivity contribution in [3.63, 3.8) is 0 Å². The van der Waals surface area contributed by atoms with Crippen molar-refractivity contribution in [1.29, 1.82) is 0 Å². The van der Waals surface area contributed by atoms with E-state index in [1.54, 1.807) is 14.2 Å². The Morgan fingerprint density at radius 2 is 1.09 bits per heavy atom. The monoisotopic (exact) mass is 699 g/mol. The molecule has 5 aromatic rings. The topological polar surface area (TPSA) is 79.9 Å². The molecule has 0 bridgehead atoms. The van der Waals surface area contributed by atoms with E-state index in [0.717, 1.165) is 58.3 Å². The van der Waals surface area contributed by atoms with Gasteiger partial charge in [0, 0.05) is 12.0 Å². The Hall–Kier alpha value is -4.02. The average molecular weight is 701 g/mol. The van der Waals surface area contributed by atoms with Crippen LogP contribution in [0.2, 0.25) is 0 Å². The lowest BCUT2D eigenvalue weighted by molar-refractivity contribution is -0.968. The van der Waals surface area contributed by atoms with E-state index in [2.05, 4.69) is 135 Å². The fraction of sp³-hybridized carbons (Fsp3) is 0.405. The molecule has 9 nitrogen and oxygen atoms in total. The maximum atomic E-state index is 5.69. The zero-order valence-corrected chi connectivity index (χ0v) is 30.4. The predicted molar refractivity (Wildman–Crippen MR) is 180 cm³/mol. The fourth-order valence-electron chi connectivity index (χ4n) is 6.38. The van der Waals surface area contributed by atoms with Crippen LogP contribution >= 0.6 is 0 Å². The molecule has 0 unspecified atom stereocenters. The smallest absolute Gasteiger partial charge is 0.161 e. The molecule has 3 heterocycles. The summed E-state index contributed by atoms with van der Waals surface area (Å²) in [6, 6.07) is 21.4. The summed E-state index contributed by atoms with van der Waals surface area (Å²) in [7, 11) is 3.38. The van der Waals surface area contributed by atoms with Gasteiger partial charge in [-0.25, -0.2) is 9.36 Å². The Kier molecular flexibility index (Phi) is 9.67. The molecule has 0 N–H and O–H groups in total. The highest BCUT2D eigenvalue weighted by Crippen LogP contribution is 2.37. The van der Waals surface area contributed by atoms with Crippen LogP contribution in [0.1, 0.15) is 75.2 Å². The highest BCUT2D eigenvalue weighted by molar-refractivity contribution is 5.48. The maximum absolute atomic E-state index is 5.69. The first kappa shape index (κ1) is 34.3. The number of rotatable bonds is 8. The summed E-state index contributed by atoms with van der Waals surface area (Å²) in [5.41, 5.74) is 9.18. The third-order valence-electron chi connectivity index (χ3n) is 9.14. The van der Waals surface area contributed by atoms with Gasteiger partial charge in [-0.2, -0.15) is 0 Å². The Balaban J connectivity index is 0.00000433. The van der Waals surface area contributed by atoms with Crippen LogP contribution in [-0.4, -0.2) is 55.2 Å². The van der Waals surface area contributed by atoms with Crippen LogP contribution < -0.4 is 26.5 Å². The van der Waals surface area contributed by atoms with E-state index in [1.165, 1.54) is 22.3 Å². The first-order valence-electron chi connectivity index (χ1n) is 16.0. The van der Waals surface area contributed by atoms with E-state index in [0.29, 0.717) is 13.1 Å². The summed E-state index contributed by atoms with van der Waals surface area (Å²) in [4.78, 5) is 0. The van der Waals surface area contributed by atoms with Gasteiger partial charge >= 0.3 is 0 Å². The van der Waals surface area contributed by atoms with Crippen molar-refractivity contribution in [2.75, 3.05) is 20.8 Å². The second kappa shape index (κ2) is 13.2. The van der Waals surface area contributed by atoms with Gasteiger partial charge in [0.1, 0.15) is 31.0 Å². The van der Waals surface area contributed by atoms with Crippen LogP contribution in [0.25, 0.3) is 11.4 Å².